The minimum Gasteiger partial charge on any atom is -0.378 e. The number of halogens is 5. The van der Waals surface area contributed by atoms with Crippen LogP contribution in [0.5, 0.6) is 0 Å². The molecule has 1 atom stereocenters. The van der Waals surface area contributed by atoms with Gasteiger partial charge in [0.15, 0.2) is 17.5 Å². The van der Waals surface area contributed by atoms with Gasteiger partial charge in [0, 0.05) is 5.69 Å². The first kappa shape index (κ1) is 13.6. The number of hydrogen-bond acceptors (Lipinski definition) is 1. The minimum absolute atomic E-state index is 0.338. The van der Waals surface area contributed by atoms with Gasteiger partial charge >= 0.3 is 0 Å². The van der Waals surface area contributed by atoms with Crippen molar-refractivity contribution < 1.29 is 13.2 Å². The zero-order valence-corrected chi connectivity index (χ0v) is 11.5. The van der Waals surface area contributed by atoms with Crippen molar-refractivity contribution in [1.29, 1.82) is 0 Å². The van der Waals surface area contributed by atoms with Gasteiger partial charge in [0.1, 0.15) is 0 Å². The summed E-state index contributed by atoms with van der Waals surface area (Å²) in [5, 5.41) is 3.91. The van der Waals surface area contributed by atoms with Gasteiger partial charge in [0.05, 0.1) is 16.1 Å². The maximum atomic E-state index is 13.3. The van der Waals surface area contributed by atoms with E-state index >= 15 is 0 Å². The van der Waals surface area contributed by atoms with Crippen LogP contribution in [0.3, 0.4) is 0 Å². The van der Waals surface area contributed by atoms with Gasteiger partial charge in [-0.05, 0) is 41.8 Å². The molecular weight excluding hydrogens is 310 g/mol. The van der Waals surface area contributed by atoms with Gasteiger partial charge < -0.3 is 5.32 Å². The van der Waals surface area contributed by atoms with E-state index in [1.54, 1.807) is 12.1 Å². The predicted molar refractivity (Wildman–Crippen MR) is 72.8 cm³/mol. The average molecular weight is 318 g/mol. The van der Waals surface area contributed by atoms with Crippen LogP contribution in [0.25, 0.3) is 0 Å². The first-order chi connectivity index (χ1) is 9.45. The van der Waals surface area contributed by atoms with Gasteiger partial charge in [0.2, 0.25) is 0 Å². The van der Waals surface area contributed by atoms with Gasteiger partial charge in [0.25, 0.3) is 0 Å². The van der Waals surface area contributed by atoms with Crippen molar-refractivity contribution in [3.05, 3.63) is 62.9 Å². The van der Waals surface area contributed by atoms with Gasteiger partial charge in [-0.1, -0.05) is 23.2 Å². The van der Waals surface area contributed by atoms with Crippen molar-refractivity contribution >= 4 is 28.9 Å². The Morgan fingerprint density at radius 1 is 0.950 bits per heavy atom. The lowest BCUT2D eigenvalue weighted by Crippen LogP contribution is -2.07. The van der Waals surface area contributed by atoms with Crippen molar-refractivity contribution in [2.75, 3.05) is 5.32 Å². The Labute approximate surface area is 123 Å². The van der Waals surface area contributed by atoms with Gasteiger partial charge in [-0.25, -0.2) is 13.2 Å². The molecule has 2 aromatic carbocycles. The van der Waals surface area contributed by atoms with Crippen molar-refractivity contribution in [1.82, 2.24) is 0 Å². The molecule has 3 rings (SSSR count). The second-order valence-corrected chi connectivity index (χ2v) is 5.44. The predicted octanol–water partition coefficient (Wildman–Crippen LogP) is 5.12. The van der Waals surface area contributed by atoms with E-state index in [0.29, 0.717) is 22.0 Å². The molecule has 0 bridgehead atoms. The van der Waals surface area contributed by atoms with Crippen molar-refractivity contribution in [2.24, 2.45) is 0 Å². The summed E-state index contributed by atoms with van der Waals surface area (Å²) in [7, 11) is 0. The van der Waals surface area contributed by atoms with Crippen molar-refractivity contribution in [2.45, 2.75) is 12.5 Å². The van der Waals surface area contributed by atoms with Gasteiger partial charge in [-0.3, -0.25) is 0 Å². The summed E-state index contributed by atoms with van der Waals surface area (Å²) in [6, 6.07) is 5.01. The number of anilines is 1. The lowest BCUT2D eigenvalue weighted by Gasteiger charge is -2.12. The number of rotatable bonds is 1. The largest absolute Gasteiger partial charge is 0.378 e. The molecule has 0 fully saturated rings. The number of nitrogens with one attached hydrogen (secondary N) is 1. The Balaban J connectivity index is 1.96. The molecule has 0 spiro atoms. The van der Waals surface area contributed by atoms with Crippen LogP contribution in [0.4, 0.5) is 18.9 Å². The fourth-order valence-corrected chi connectivity index (χ4v) is 2.68. The third kappa shape index (κ3) is 2.23. The van der Waals surface area contributed by atoms with Crippen molar-refractivity contribution in [3.63, 3.8) is 0 Å². The maximum Gasteiger partial charge on any atom is 0.194 e. The molecule has 1 heterocycles. The molecule has 0 aliphatic carbocycles. The van der Waals surface area contributed by atoms with Crippen LogP contribution < -0.4 is 5.32 Å². The summed E-state index contributed by atoms with van der Waals surface area (Å²) in [4.78, 5) is 0. The minimum atomic E-state index is -1.46. The molecule has 2 aromatic rings. The SMILES string of the molecule is Fc1cc(C2Cc3cc(Cl)c(Cl)cc3N2)cc(F)c1F. The molecule has 1 N–H and O–H groups in total. The molecule has 0 saturated carbocycles. The van der Waals surface area contributed by atoms with Crippen molar-refractivity contribution in [3.8, 4) is 0 Å². The maximum absolute atomic E-state index is 13.3. The zero-order chi connectivity index (χ0) is 14.4. The van der Waals surface area contributed by atoms with Crippen LogP contribution in [-0.4, -0.2) is 0 Å². The van der Waals surface area contributed by atoms with E-state index in [4.69, 9.17) is 23.2 Å². The van der Waals surface area contributed by atoms with Crippen LogP contribution in [0.2, 0.25) is 10.0 Å². The monoisotopic (exact) mass is 317 g/mol. The fraction of sp³-hybridized carbons (Fsp3) is 0.143. The lowest BCUT2D eigenvalue weighted by molar-refractivity contribution is 0.444. The topological polar surface area (TPSA) is 12.0 Å². The summed E-state index contributed by atoms with van der Waals surface area (Å²) in [5.74, 6) is -3.86. The van der Waals surface area contributed by atoms with E-state index in [0.717, 1.165) is 23.4 Å². The highest BCUT2D eigenvalue weighted by atomic mass is 35.5. The standard InChI is InChI=1S/C14H8Cl2F3N/c15-8-1-6-4-12(20-13(6)5-9(8)16)7-2-10(17)14(19)11(18)3-7/h1-3,5,12,20H,4H2. The summed E-state index contributed by atoms with van der Waals surface area (Å²) < 4.78 is 39.5. The third-order valence-corrected chi connectivity index (χ3v) is 4.03. The highest BCUT2D eigenvalue weighted by molar-refractivity contribution is 6.42. The summed E-state index contributed by atoms with van der Waals surface area (Å²) in [5.41, 5.74) is 1.99. The molecule has 104 valence electrons. The number of hydrogen-bond donors (Lipinski definition) is 1. The van der Waals surface area contributed by atoms with Crippen LogP contribution in [-0.2, 0) is 6.42 Å². The Kier molecular flexibility index (Phi) is 3.30. The van der Waals surface area contributed by atoms with E-state index in [1.165, 1.54) is 0 Å². The Morgan fingerprint density at radius 2 is 1.55 bits per heavy atom. The highest BCUT2D eigenvalue weighted by Crippen LogP contribution is 2.39. The van der Waals surface area contributed by atoms with Crippen LogP contribution in [0.15, 0.2) is 24.3 Å². The Hall–Kier alpha value is -1.39. The molecule has 1 aliphatic rings. The molecule has 1 aliphatic heterocycles. The van der Waals surface area contributed by atoms with E-state index in [1.807, 2.05) is 0 Å². The molecule has 20 heavy (non-hydrogen) atoms. The highest BCUT2D eigenvalue weighted by Gasteiger charge is 2.25. The second kappa shape index (κ2) is 4.86. The molecule has 0 radical (unpaired) electrons. The van der Waals surface area contributed by atoms with E-state index in [9.17, 15) is 13.2 Å². The summed E-state index contributed by atoms with van der Waals surface area (Å²) >= 11 is 11.8. The van der Waals surface area contributed by atoms with Crippen LogP contribution in [0.1, 0.15) is 17.2 Å². The van der Waals surface area contributed by atoms with E-state index < -0.39 is 17.5 Å². The molecule has 0 amide bonds. The molecule has 6 heteroatoms. The summed E-state index contributed by atoms with van der Waals surface area (Å²) in [6.07, 6.45) is 0.497. The van der Waals surface area contributed by atoms with Crippen LogP contribution >= 0.6 is 23.2 Å². The smallest absolute Gasteiger partial charge is 0.194 e. The van der Waals surface area contributed by atoms with Crippen LogP contribution in [0, 0.1) is 17.5 Å². The molecule has 0 saturated heterocycles. The first-order valence-corrected chi connectivity index (χ1v) is 6.60. The quantitative estimate of drug-likeness (QED) is 0.720. The molecule has 1 unspecified atom stereocenters. The fourth-order valence-electron chi connectivity index (χ4n) is 2.33. The Bertz CT molecular complexity index is 649. The molecule has 0 aromatic heterocycles. The van der Waals surface area contributed by atoms with E-state index in [2.05, 4.69) is 5.32 Å². The number of benzene rings is 2. The Morgan fingerprint density at radius 3 is 2.20 bits per heavy atom. The lowest BCUT2D eigenvalue weighted by atomic mass is 10.0. The third-order valence-electron chi connectivity index (χ3n) is 3.31. The average Bonchev–Trinajstić information content (AvgIpc) is 2.79. The first-order valence-electron chi connectivity index (χ1n) is 5.84. The van der Waals surface area contributed by atoms with E-state index in [-0.39, 0.29) is 6.04 Å². The van der Waals surface area contributed by atoms with Gasteiger partial charge in [-0.2, -0.15) is 0 Å². The normalized spacial score (nSPS) is 16.9. The number of fused-ring (bicyclic) bond motifs is 1. The van der Waals surface area contributed by atoms with Gasteiger partial charge in [-0.15, -0.1) is 0 Å². The molecule has 1 nitrogen and oxygen atoms in total. The summed E-state index contributed by atoms with van der Waals surface area (Å²) in [6.45, 7) is 0. The second-order valence-electron chi connectivity index (χ2n) is 4.62. The zero-order valence-electron chi connectivity index (χ0n) is 9.98. The molecular formula is C14H8Cl2F3N.